The second kappa shape index (κ2) is 8.01. The maximum atomic E-state index is 14.6. The van der Waals surface area contributed by atoms with Crippen molar-refractivity contribution >= 4 is 17.0 Å². The molecule has 13 heteroatoms. The van der Waals surface area contributed by atoms with Gasteiger partial charge in [-0.25, -0.2) is 18.4 Å². The van der Waals surface area contributed by atoms with E-state index in [0.717, 1.165) is 12.8 Å². The van der Waals surface area contributed by atoms with Crippen LogP contribution in [-0.4, -0.2) is 63.4 Å². The first-order valence-electron chi connectivity index (χ1n) is 10.5. The molecule has 0 bridgehead atoms. The van der Waals surface area contributed by atoms with Crippen molar-refractivity contribution in [2.45, 2.75) is 24.6 Å². The molecule has 0 aliphatic carbocycles. The van der Waals surface area contributed by atoms with Crippen molar-refractivity contribution in [3.8, 4) is 17.0 Å². The molecule has 2 saturated heterocycles. The highest BCUT2D eigenvalue weighted by Gasteiger charge is 2.40. The van der Waals surface area contributed by atoms with Gasteiger partial charge in [0.15, 0.2) is 23.0 Å². The van der Waals surface area contributed by atoms with Gasteiger partial charge in [-0.15, -0.1) is 0 Å². The summed E-state index contributed by atoms with van der Waals surface area (Å²) in [6.45, 7) is 2.73. The smallest absolute Gasteiger partial charge is 0.419 e. The zero-order valence-electron chi connectivity index (χ0n) is 18.0. The molecule has 1 N–H and O–H groups in total. The molecule has 0 radical (unpaired) electrons. The molecule has 5 rings (SSSR count). The number of aromatic nitrogens is 4. The second-order valence-electron chi connectivity index (χ2n) is 8.39. The molecule has 1 spiro atoms. The minimum Gasteiger partial charge on any atom is -0.503 e. The number of fused-ring (bicyclic) bond motifs is 1. The molecule has 3 aromatic rings. The standard InChI is InChI=1S/C21H20F5N5O3/c1-30-18-12(16(29-30)11-8-13(21(24,25)26)15(23)17(32)14(11)22)9-27-19(28-18)31-4-7-34-20(10-31)2-5-33-6-3-20/h8-9,32H,2-7,10H2,1H3. The average molecular weight is 485 g/mol. The van der Waals surface area contributed by atoms with E-state index in [1.807, 2.05) is 4.90 Å². The molecule has 2 aliphatic heterocycles. The summed E-state index contributed by atoms with van der Waals surface area (Å²) in [7, 11) is 1.49. The van der Waals surface area contributed by atoms with E-state index in [2.05, 4.69) is 15.1 Å². The van der Waals surface area contributed by atoms with Crippen molar-refractivity contribution in [3.05, 3.63) is 29.5 Å². The zero-order chi connectivity index (χ0) is 24.3. The van der Waals surface area contributed by atoms with Gasteiger partial charge in [0.2, 0.25) is 5.95 Å². The highest BCUT2D eigenvalue weighted by molar-refractivity contribution is 5.91. The van der Waals surface area contributed by atoms with Crippen molar-refractivity contribution < 1.29 is 36.5 Å². The number of nitrogens with zero attached hydrogens (tertiary/aromatic N) is 5. The number of ether oxygens (including phenoxy) is 2. The molecule has 182 valence electrons. The minimum atomic E-state index is -5.14. The number of phenolic OH excluding ortho intramolecular Hbond substituents is 1. The van der Waals surface area contributed by atoms with E-state index in [1.165, 1.54) is 17.9 Å². The van der Waals surface area contributed by atoms with Crippen molar-refractivity contribution in [3.63, 3.8) is 0 Å². The molecule has 2 aromatic heterocycles. The molecule has 0 amide bonds. The van der Waals surface area contributed by atoms with Crippen molar-refractivity contribution in [1.29, 1.82) is 0 Å². The van der Waals surface area contributed by atoms with Gasteiger partial charge in [0.1, 0.15) is 5.69 Å². The number of phenols is 1. The molecule has 34 heavy (non-hydrogen) atoms. The van der Waals surface area contributed by atoms with Crippen molar-refractivity contribution in [2.24, 2.45) is 7.05 Å². The summed E-state index contributed by atoms with van der Waals surface area (Å²) in [6.07, 6.45) is -2.35. The number of benzene rings is 1. The fourth-order valence-corrected chi connectivity index (χ4v) is 4.44. The highest BCUT2D eigenvalue weighted by Crippen LogP contribution is 2.41. The summed E-state index contributed by atoms with van der Waals surface area (Å²) < 4.78 is 81.0. The van der Waals surface area contributed by atoms with Crippen LogP contribution in [0.15, 0.2) is 12.3 Å². The van der Waals surface area contributed by atoms with Crippen LogP contribution in [0.25, 0.3) is 22.3 Å². The Bertz CT molecular complexity index is 1250. The third kappa shape index (κ3) is 3.72. The third-order valence-electron chi connectivity index (χ3n) is 6.24. The van der Waals surface area contributed by atoms with Crippen LogP contribution in [0.2, 0.25) is 0 Å². The monoisotopic (exact) mass is 485 g/mol. The van der Waals surface area contributed by atoms with Gasteiger partial charge in [-0.1, -0.05) is 0 Å². The quantitative estimate of drug-likeness (QED) is 0.557. The van der Waals surface area contributed by atoms with Crippen LogP contribution < -0.4 is 4.90 Å². The lowest BCUT2D eigenvalue weighted by atomic mass is 9.92. The van der Waals surface area contributed by atoms with Crippen LogP contribution in [0.3, 0.4) is 0 Å². The topological polar surface area (TPSA) is 85.5 Å². The van der Waals surface area contributed by atoms with Crippen LogP contribution in [0.4, 0.5) is 27.9 Å². The van der Waals surface area contributed by atoms with Gasteiger partial charge in [-0.05, 0) is 6.07 Å². The zero-order valence-corrected chi connectivity index (χ0v) is 18.0. The first-order chi connectivity index (χ1) is 16.1. The Kier molecular flexibility index (Phi) is 5.35. The lowest BCUT2D eigenvalue weighted by molar-refractivity contribution is -0.140. The predicted molar refractivity (Wildman–Crippen MR) is 109 cm³/mol. The number of halogens is 5. The lowest BCUT2D eigenvalue weighted by Crippen LogP contribution is -2.54. The molecule has 2 aliphatic rings. The maximum absolute atomic E-state index is 14.6. The average Bonchev–Trinajstić information content (AvgIpc) is 3.13. The molecule has 0 atom stereocenters. The van der Waals surface area contributed by atoms with Crippen molar-refractivity contribution in [1.82, 2.24) is 19.7 Å². The maximum Gasteiger partial charge on any atom is 0.419 e. The first kappa shape index (κ1) is 22.7. The fraction of sp³-hybridized carbons (Fsp3) is 0.476. The molecule has 0 saturated carbocycles. The Morgan fingerprint density at radius 3 is 2.56 bits per heavy atom. The Morgan fingerprint density at radius 1 is 1.12 bits per heavy atom. The van der Waals surface area contributed by atoms with Gasteiger partial charge in [0.25, 0.3) is 0 Å². The molecular weight excluding hydrogens is 465 g/mol. The molecule has 0 unspecified atom stereocenters. The van der Waals surface area contributed by atoms with Crippen LogP contribution in [0, 0.1) is 11.6 Å². The van der Waals surface area contributed by atoms with Gasteiger partial charge in [-0.3, -0.25) is 0 Å². The number of rotatable bonds is 2. The SMILES string of the molecule is Cn1nc(-c2cc(C(F)(F)F)c(F)c(O)c2F)c2cnc(N3CCOC4(CCOCC4)C3)nc21. The summed E-state index contributed by atoms with van der Waals surface area (Å²) in [5.74, 6) is -4.99. The van der Waals surface area contributed by atoms with E-state index >= 15 is 0 Å². The number of aromatic hydroxyl groups is 1. The summed E-state index contributed by atoms with van der Waals surface area (Å²) in [4.78, 5) is 10.8. The van der Waals surface area contributed by atoms with Gasteiger partial charge in [0.05, 0.1) is 29.7 Å². The van der Waals surface area contributed by atoms with E-state index in [-0.39, 0.29) is 28.4 Å². The van der Waals surface area contributed by atoms with E-state index in [0.29, 0.717) is 38.9 Å². The summed E-state index contributed by atoms with van der Waals surface area (Å²) in [6, 6.07) is 0.289. The van der Waals surface area contributed by atoms with Gasteiger partial charge < -0.3 is 19.5 Å². The van der Waals surface area contributed by atoms with E-state index in [9.17, 15) is 27.1 Å². The van der Waals surface area contributed by atoms with Crippen LogP contribution >= 0.6 is 0 Å². The van der Waals surface area contributed by atoms with Crippen LogP contribution in [-0.2, 0) is 22.7 Å². The van der Waals surface area contributed by atoms with E-state index in [1.54, 1.807) is 0 Å². The summed E-state index contributed by atoms with van der Waals surface area (Å²) in [5, 5.41) is 13.9. The first-order valence-corrected chi connectivity index (χ1v) is 10.5. The molecule has 8 nitrogen and oxygen atoms in total. The second-order valence-corrected chi connectivity index (χ2v) is 8.39. The molecule has 2 fully saturated rings. The van der Waals surface area contributed by atoms with Gasteiger partial charge in [0, 0.05) is 51.4 Å². The number of alkyl halides is 3. The van der Waals surface area contributed by atoms with E-state index < -0.39 is 34.7 Å². The van der Waals surface area contributed by atoms with E-state index in [4.69, 9.17) is 9.47 Å². The number of anilines is 1. The molecule has 4 heterocycles. The molecule has 1 aromatic carbocycles. The third-order valence-corrected chi connectivity index (χ3v) is 6.24. The highest BCUT2D eigenvalue weighted by atomic mass is 19.4. The van der Waals surface area contributed by atoms with Gasteiger partial charge in [-0.2, -0.15) is 23.3 Å². The normalized spacial score (nSPS) is 18.7. The van der Waals surface area contributed by atoms with Crippen LogP contribution in [0.5, 0.6) is 5.75 Å². The van der Waals surface area contributed by atoms with Gasteiger partial charge >= 0.3 is 6.18 Å². The minimum absolute atomic E-state index is 0.151. The fourth-order valence-electron chi connectivity index (χ4n) is 4.44. The van der Waals surface area contributed by atoms with Crippen molar-refractivity contribution in [2.75, 3.05) is 37.8 Å². The molecular formula is C21H20F5N5O3. The Balaban J connectivity index is 1.56. The number of hydrogen-bond acceptors (Lipinski definition) is 7. The Morgan fingerprint density at radius 2 is 1.85 bits per heavy atom. The Labute approximate surface area is 189 Å². The predicted octanol–water partition coefficient (Wildman–Crippen LogP) is 3.42. The lowest BCUT2D eigenvalue weighted by Gasteiger charge is -2.44. The Hall–Kier alpha value is -3.06. The number of morpholine rings is 1. The number of hydrogen-bond donors (Lipinski definition) is 1. The largest absolute Gasteiger partial charge is 0.503 e. The number of aryl methyl sites for hydroxylation is 1. The summed E-state index contributed by atoms with van der Waals surface area (Å²) >= 11 is 0. The van der Waals surface area contributed by atoms with Crippen LogP contribution in [0.1, 0.15) is 18.4 Å². The summed E-state index contributed by atoms with van der Waals surface area (Å²) in [5.41, 5.74) is -2.88.